The number of carbonyl (C=O) groups is 1. The molecule has 0 aliphatic rings. The van der Waals surface area contributed by atoms with Crippen LogP contribution in [0, 0.1) is 20.8 Å². The van der Waals surface area contributed by atoms with Crippen molar-refractivity contribution in [2.75, 3.05) is 0 Å². The number of carbonyl (C=O) groups excluding carboxylic acids is 1. The highest BCUT2D eigenvalue weighted by Crippen LogP contribution is 2.23. The summed E-state index contributed by atoms with van der Waals surface area (Å²) in [5, 5.41) is 2.32. The number of para-hydroxylation sites is 1. The van der Waals surface area contributed by atoms with Crippen molar-refractivity contribution in [1.82, 2.24) is 23.5 Å². The van der Waals surface area contributed by atoms with Crippen LogP contribution in [0.2, 0.25) is 0 Å². The van der Waals surface area contributed by atoms with Crippen LogP contribution in [0.15, 0.2) is 63.8 Å². The van der Waals surface area contributed by atoms with E-state index in [-0.39, 0.29) is 23.4 Å². The third-order valence-electron chi connectivity index (χ3n) is 6.24. The summed E-state index contributed by atoms with van der Waals surface area (Å²) in [5.41, 5.74) is 3.53. The first-order chi connectivity index (χ1) is 16.3. The van der Waals surface area contributed by atoms with E-state index in [1.54, 1.807) is 16.8 Å². The summed E-state index contributed by atoms with van der Waals surface area (Å²) in [6.07, 6.45) is 1.41. The van der Waals surface area contributed by atoms with Gasteiger partial charge in [-0.15, -0.1) is 11.3 Å². The highest BCUT2D eigenvalue weighted by molar-refractivity contribution is 7.16. The van der Waals surface area contributed by atoms with Gasteiger partial charge in [0.05, 0.1) is 29.6 Å². The number of ketones is 1. The molecule has 4 heterocycles. The molecule has 172 valence electrons. The van der Waals surface area contributed by atoms with E-state index in [0.29, 0.717) is 27.2 Å². The van der Waals surface area contributed by atoms with Crippen molar-refractivity contribution in [3.63, 3.8) is 0 Å². The lowest BCUT2D eigenvalue weighted by Crippen LogP contribution is -2.24. The van der Waals surface area contributed by atoms with Gasteiger partial charge in [-0.25, -0.2) is 9.67 Å². The van der Waals surface area contributed by atoms with Crippen molar-refractivity contribution in [3.05, 3.63) is 97.5 Å². The SMILES string of the molecule is Cc1cc(C(=O)Cn2cnc3sccc3c2=O)c(C)n1-c1c(C)n(C)n(-c2ccccc2)c1=O. The van der Waals surface area contributed by atoms with Crippen LogP contribution in [0.25, 0.3) is 21.6 Å². The zero-order valence-electron chi connectivity index (χ0n) is 19.3. The third kappa shape index (κ3) is 3.28. The first-order valence-electron chi connectivity index (χ1n) is 10.8. The quantitative estimate of drug-likeness (QED) is 0.366. The summed E-state index contributed by atoms with van der Waals surface area (Å²) in [6.45, 7) is 5.46. The molecule has 0 bridgehead atoms. The summed E-state index contributed by atoms with van der Waals surface area (Å²) < 4.78 is 6.59. The number of hydrogen-bond donors (Lipinski definition) is 0. The molecule has 0 amide bonds. The topological polar surface area (TPSA) is 83.8 Å². The zero-order valence-corrected chi connectivity index (χ0v) is 20.1. The van der Waals surface area contributed by atoms with Crippen molar-refractivity contribution in [2.45, 2.75) is 27.3 Å². The second-order valence-electron chi connectivity index (χ2n) is 8.27. The van der Waals surface area contributed by atoms with Crippen LogP contribution < -0.4 is 11.1 Å². The van der Waals surface area contributed by atoms with Gasteiger partial charge in [-0.3, -0.25) is 23.6 Å². The maximum atomic E-state index is 13.5. The molecule has 0 aliphatic heterocycles. The third-order valence-corrected chi connectivity index (χ3v) is 7.06. The summed E-state index contributed by atoms with van der Waals surface area (Å²) in [5.74, 6) is -0.213. The van der Waals surface area contributed by atoms with E-state index in [1.807, 2.05) is 72.8 Å². The van der Waals surface area contributed by atoms with Crippen LogP contribution in [-0.2, 0) is 13.6 Å². The Hall–Kier alpha value is -3.98. The molecule has 1 aromatic carbocycles. The van der Waals surface area contributed by atoms with Gasteiger partial charge in [-0.2, -0.15) is 0 Å². The second kappa shape index (κ2) is 8.11. The minimum absolute atomic E-state index is 0.121. The molecule has 0 aliphatic carbocycles. The number of nitrogens with zero attached hydrogens (tertiary/aromatic N) is 5. The van der Waals surface area contributed by atoms with E-state index in [9.17, 15) is 14.4 Å². The molecule has 34 heavy (non-hydrogen) atoms. The summed E-state index contributed by atoms with van der Waals surface area (Å²) >= 11 is 1.39. The fraction of sp³-hybridized carbons (Fsp3) is 0.200. The zero-order chi connectivity index (χ0) is 24.1. The molecule has 0 atom stereocenters. The fourth-order valence-corrected chi connectivity index (χ4v) is 5.17. The number of hydrogen-bond acceptors (Lipinski definition) is 5. The Balaban J connectivity index is 1.58. The average molecular weight is 474 g/mol. The first kappa shape index (κ1) is 21.8. The number of benzene rings is 1. The van der Waals surface area contributed by atoms with Gasteiger partial charge >= 0.3 is 0 Å². The highest BCUT2D eigenvalue weighted by atomic mass is 32.1. The van der Waals surface area contributed by atoms with Gasteiger partial charge in [0.25, 0.3) is 11.1 Å². The van der Waals surface area contributed by atoms with Crippen molar-refractivity contribution >= 4 is 27.3 Å². The molecule has 0 N–H and O–H groups in total. The van der Waals surface area contributed by atoms with Crippen LogP contribution in [0.3, 0.4) is 0 Å². The van der Waals surface area contributed by atoms with Crippen LogP contribution >= 0.6 is 11.3 Å². The number of rotatable bonds is 5. The van der Waals surface area contributed by atoms with E-state index >= 15 is 0 Å². The number of aromatic nitrogens is 5. The molecule has 0 fully saturated rings. The fourth-order valence-electron chi connectivity index (χ4n) is 4.45. The van der Waals surface area contributed by atoms with Gasteiger partial charge in [-0.1, -0.05) is 18.2 Å². The molecule has 9 heteroatoms. The Morgan fingerprint density at radius 2 is 1.74 bits per heavy atom. The van der Waals surface area contributed by atoms with Gasteiger partial charge in [0.1, 0.15) is 10.5 Å². The lowest BCUT2D eigenvalue weighted by molar-refractivity contribution is 0.0970. The Morgan fingerprint density at radius 3 is 2.47 bits per heavy atom. The van der Waals surface area contributed by atoms with Gasteiger partial charge in [0.15, 0.2) is 5.78 Å². The molecule has 0 saturated carbocycles. The monoisotopic (exact) mass is 473 g/mol. The van der Waals surface area contributed by atoms with E-state index < -0.39 is 0 Å². The lowest BCUT2D eigenvalue weighted by atomic mass is 10.1. The molecule has 0 saturated heterocycles. The number of fused-ring (bicyclic) bond motifs is 1. The highest BCUT2D eigenvalue weighted by Gasteiger charge is 2.24. The smallest absolute Gasteiger partial charge is 0.295 e. The minimum atomic E-state index is -0.238. The molecule has 5 aromatic rings. The number of aryl methyl sites for hydroxylation is 1. The van der Waals surface area contributed by atoms with Crippen molar-refractivity contribution < 1.29 is 4.79 Å². The normalized spacial score (nSPS) is 11.4. The van der Waals surface area contributed by atoms with E-state index in [1.165, 1.54) is 22.2 Å². The predicted octanol–water partition coefficient (Wildman–Crippen LogP) is 3.55. The summed E-state index contributed by atoms with van der Waals surface area (Å²) in [7, 11) is 1.84. The number of thiophene rings is 1. The molecule has 0 unspecified atom stereocenters. The Kier molecular flexibility index (Phi) is 5.21. The van der Waals surface area contributed by atoms with Crippen LogP contribution in [0.4, 0.5) is 0 Å². The standard InChI is InChI=1S/C25H23N5O3S/c1-15-12-20(21(31)13-28-14-26-23-19(24(28)32)10-11-34-23)16(2)29(15)22-17(3)27(4)30(25(22)33)18-8-6-5-7-9-18/h5-12,14H,13H2,1-4H3. The second-order valence-corrected chi connectivity index (χ2v) is 9.17. The van der Waals surface area contributed by atoms with Crippen LogP contribution in [0.5, 0.6) is 0 Å². The maximum absolute atomic E-state index is 13.5. The van der Waals surface area contributed by atoms with Gasteiger partial charge in [-0.05, 0) is 50.4 Å². The van der Waals surface area contributed by atoms with Crippen molar-refractivity contribution in [3.8, 4) is 11.4 Å². The minimum Gasteiger partial charge on any atom is -0.311 e. The first-order valence-corrected chi connectivity index (χ1v) is 11.7. The maximum Gasteiger partial charge on any atom is 0.295 e. The summed E-state index contributed by atoms with van der Waals surface area (Å²) in [4.78, 5) is 44.4. The van der Waals surface area contributed by atoms with E-state index in [2.05, 4.69) is 4.98 Å². The molecule has 8 nitrogen and oxygen atoms in total. The molecule has 4 aromatic heterocycles. The van der Waals surface area contributed by atoms with Crippen LogP contribution in [-0.4, -0.2) is 29.3 Å². The predicted molar refractivity (Wildman–Crippen MR) is 133 cm³/mol. The Labute approximate surface area is 198 Å². The van der Waals surface area contributed by atoms with Gasteiger partial charge in [0, 0.05) is 24.0 Å². The molecule has 0 spiro atoms. The molecular formula is C25H23N5O3S. The van der Waals surface area contributed by atoms with Gasteiger partial charge in [0.2, 0.25) is 0 Å². The number of Topliss-reactive ketones (excluding diaryl/α,β-unsaturated/α-hetero) is 1. The largest absolute Gasteiger partial charge is 0.311 e. The Bertz CT molecular complexity index is 1680. The van der Waals surface area contributed by atoms with Crippen molar-refractivity contribution in [2.24, 2.45) is 7.05 Å². The van der Waals surface area contributed by atoms with Gasteiger partial charge < -0.3 is 4.57 Å². The summed E-state index contributed by atoms with van der Waals surface area (Å²) in [6, 6.07) is 12.9. The van der Waals surface area contributed by atoms with Crippen LogP contribution in [0.1, 0.15) is 27.4 Å². The van der Waals surface area contributed by atoms with Crippen molar-refractivity contribution in [1.29, 1.82) is 0 Å². The lowest BCUT2D eigenvalue weighted by Gasteiger charge is -2.09. The van der Waals surface area contributed by atoms with E-state index in [4.69, 9.17) is 0 Å². The Morgan fingerprint density at radius 1 is 1.00 bits per heavy atom. The average Bonchev–Trinajstić information content (AvgIpc) is 3.47. The molecular weight excluding hydrogens is 450 g/mol. The molecule has 0 radical (unpaired) electrons. The van der Waals surface area contributed by atoms with E-state index in [0.717, 1.165) is 17.1 Å². The molecule has 5 rings (SSSR count).